The van der Waals surface area contributed by atoms with E-state index in [0.717, 1.165) is 55.4 Å². The molecule has 0 amide bonds. The molecule has 2 nitrogen and oxygen atoms in total. The Bertz CT molecular complexity index is 1190. The molecule has 3 heteroatoms. The highest BCUT2D eigenvalue weighted by Crippen LogP contribution is 2.43. The summed E-state index contributed by atoms with van der Waals surface area (Å²) >= 11 is 0. The van der Waals surface area contributed by atoms with Crippen LogP contribution in [0.1, 0.15) is 108 Å². The molecule has 0 spiro atoms. The maximum atomic E-state index is 12.8. The summed E-state index contributed by atoms with van der Waals surface area (Å²) in [6, 6.07) is 13.4. The minimum absolute atomic E-state index is 0.0792. The number of aryl methyl sites for hydroxylation is 2. The van der Waals surface area contributed by atoms with E-state index < -0.39 is 8.32 Å². The van der Waals surface area contributed by atoms with Crippen LogP contribution >= 0.6 is 0 Å². The van der Waals surface area contributed by atoms with Gasteiger partial charge in [-0.1, -0.05) is 84.6 Å². The van der Waals surface area contributed by atoms with E-state index in [2.05, 4.69) is 117 Å². The summed E-state index contributed by atoms with van der Waals surface area (Å²) in [5.74, 6) is 7.30. The van der Waals surface area contributed by atoms with E-state index in [0.29, 0.717) is 0 Å². The molecule has 1 saturated carbocycles. The third-order valence-electron chi connectivity index (χ3n) is 9.45. The molecule has 37 heavy (non-hydrogen) atoms. The van der Waals surface area contributed by atoms with E-state index in [9.17, 15) is 4.79 Å². The van der Waals surface area contributed by atoms with E-state index in [-0.39, 0.29) is 21.7 Å². The molecule has 1 aliphatic rings. The van der Waals surface area contributed by atoms with E-state index in [4.69, 9.17) is 4.43 Å². The Morgan fingerprint density at radius 3 is 1.97 bits per heavy atom. The smallest absolute Gasteiger partial charge is 0.250 e. The number of carbonyl (C=O) groups is 1. The highest BCUT2D eigenvalue weighted by molar-refractivity contribution is 6.74. The molecule has 3 rings (SSSR count). The predicted molar refractivity (Wildman–Crippen MR) is 160 cm³/mol. The van der Waals surface area contributed by atoms with Gasteiger partial charge in [-0.05, 0) is 98.0 Å². The fourth-order valence-electron chi connectivity index (χ4n) is 5.48. The summed E-state index contributed by atoms with van der Waals surface area (Å²) in [6.07, 6.45) is 6.22. The second-order valence-electron chi connectivity index (χ2n) is 13.0. The van der Waals surface area contributed by atoms with Gasteiger partial charge in [-0.2, -0.15) is 0 Å². The Kier molecular flexibility index (Phi) is 8.55. The summed E-state index contributed by atoms with van der Waals surface area (Å²) < 4.78 is 6.66. The van der Waals surface area contributed by atoms with Crippen molar-refractivity contribution in [1.82, 2.24) is 0 Å². The van der Waals surface area contributed by atoms with Crippen molar-refractivity contribution in [1.29, 1.82) is 0 Å². The molecule has 0 bridgehead atoms. The molecule has 200 valence electrons. The molecule has 1 aliphatic carbocycles. The molecule has 0 saturated heterocycles. The molecule has 2 aromatic rings. The van der Waals surface area contributed by atoms with E-state index in [1.165, 1.54) is 16.7 Å². The lowest BCUT2D eigenvalue weighted by Gasteiger charge is -2.38. The maximum absolute atomic E-state index is 12.8. The molecular weight excluding hydrogens is 468 g/mol. The second-order valence-corrected chi connectivity index (χ2v) is 17.7. The fourth-order valence-corrected chi connectivity index (χ4v) is 6.57. The number of carbonyl (C=O) groups excluding carboxylic acids is 1. The number of ketones is 1. The van der Waals surface area contributed by atoms with Crippen LogP contribution < -0.4 is 4.43 Å². The summed E-state index contributed by atoms with van der Waals surface area (Å²) in [5, 5.41) is 0.163. The summed E-state index contributed by atoms with van der Waals surface area (Å²) in [4.78, 5) is 12.8. The third-order valence-corrected chi connectivity index (χ3v) is 13.8. The molecule has 1 fully saturated rings. The van der Waals surface area contributed by atoms with Crippen molar-refractivity contribution < 1.29 is 9.22 Å². The van der Waals surface area contributed by atoms with E-state index in [1.54, 1.807) is 0 Å². The van der Waals surface area contributed by atoms with Crippen LogP contribution in [-0.2, 0) is 10.2 Å². The van der Waals surface area contributed by atoms with E-state index in [1.807, 2.05) is 0 Å². The molecule has 0 unspecified atom stereocenters. The third kappa shape index (κ3) is 5.90. The minimum Gasteiger partial charge on any atom is -0.543 e. The lowest BCUT2D eigenvalue weighted by atomic mass is 9.70. The van der Waals surface area contributed by atoms with Gasteiger partial charge in [0.25, 0.3) is 0 Å². The zero-order chi connectivity index (χ0) is 27.6. The molecule has 0 radical (unpaired) electrons. The Morgan fingerprint density at radius 2 is 1.49 bits per heavy atom. The lowest BCUT2D eigenvalue weighted by Crippen LogP contribution is -2.44. The molecule has 0 N–H and O–H groups in total. The quantitative estimate of drug-likeness (QED) is 0.271. The van der Waals surface area contributed by atoms with Crippen molar-refractivity contribution in [2.75, 3.05) is 0 Å². The summed E-state index contributed by atoms with van der Waals surface area (Å²) in [5.41, 5.74) is 5.60. The average Bonchev–Trinajstić information content (AvgIpc) is 3.28. The Morgan fingerprint density at radius 1 is 0.946 bits per heavy atom. The Balaban J connectivity index is 1.93. The van der Waals surface area contributed by atoms with Crippen LogP contribution in [0.5, 0.6) is 5.75 Å². The van der Waals surface area contributed by atoms with Crippen LogP contribution in [0, 0.1) is 31.1 Å². The molecule has 0 aliphatic heterocycles. The number of rotatable bonds is 7. The maximum Gasteiger partial charge on any atom is 0.250 e. The molecule has 0 heterocycles. The zero-order valence-electron chi connectivity index (χ0n) is 25.0. The number of benzene rings is 2. The van der Waals surface area contributed by atoms with Crippen molar-refractivity contribution in [2.45, 2.75) is 117 Å². The molecular formula is C34H48O2Si. The van der Waals surface area contributed by atoms with Gasteiger partial charge >= 0.3 is 0 Å². The standard InChI is InChI=1S/C34H48O2Si/c1-11-34(12-2,29-18-19-30(26(4)24-29)36-37(9,10)32(5,6)7)28-17-15-27(25(3)23-28)16-20-31(35)33(8)21-13-14-22-33/h15,17-19,23-24H,11-14,21-22H2,1-10H3. The monoisotopic (exact) mass is 516 g/mol. The Labute approximate surface area is 227 Å². The largest absolute Gasteiger partial charge is 0.543 e. The van der Waals surface area contributed by atoms with Gasteiger partial charge in [0, 0.05) is 16.4 Å². The first kappa shape index (κ1) is 29.2. The molecule has 2 aromatic carbocycles. The van der Waals surface area contributed by atoms with Gasteiger partial charge in [0.05, 0.1) is 0 Å². The second kappa shape index (κ2) is 10.8. The SMILES string of the molecule is CCC(CC)(c1ccc(C#CC(=O)C2(C)CCCC2)c(C)c1)c1ccc(O[Si](C)(C)C(C)(C)C)c(C)c1. The zero-order valence-corrected chi connectivity index (χ0v) is 26.0. The molecule has 0 aromatic heterocycles. The van der Waals surface area contributed by atoms with Gasteiger partial charge in [0.15, 0.2) is 0 Å². The van der Waals surface area contributed by atoms with Crippen LogP contribution in [0.25, 0.3) is 0 Å². The predicted octanol–water partition coefficient (Wildman–Crippen LogP) is 9.29. The van der Waals surface area contributed by atoms with Crippen molar-refractivity contribution in [3.63, 3.8) is 0 Å². The van der Waals surface area contributed by atoms with Crippen LogP contribution in [0.2, 0.25) is 18.1 Å². The summed E-state index contributed by atoms with van der Waals surface area (Å²) in [7, 11) is -1.90. The van der Waals surface area contributed by atoms with Crippen LogP contribution in [0.4, 0.5) is 0 Å². The Hall–Kier alpha value is -2.31. The topological polar surface area (TPSA) is 26.3 Å². The highest BCUT2D eigenvalue weighted by atomic mass is 28.4. The van der Waals surface area contributed by atoms with E-state index >= 15 is 0 Å². The normalized spacial score (nSPS) is 15.7. The van der Waals surface area contributed by atoms with Crippen molar-refractivity contribution in [2.24, 2.45) is 5.41 Å². The first-order chi connectivity index (χ1) is 17.2. The van der Waals surface area contributed by atoms with Gasteiger partial charge < -0.3 is 4.43 Å². The number of hydrogen-bond donors (Lipinski definition) is 0. The average molecular weight is 517 g/mol. The van der Waals surface area contributed by atoms with Crippen molar-refractivity contribution >= 4 is 14.1 Å². The first-order valence-electron chi connectivity index (χ1n) is 14.2. The number of hydrogen-bond acceptors (Lipinski definition) is 2. The fraction of sp³-hybridized carbons (Fsp3) is 0.559. The van der Waals surface area contributed by atoms with Crippen LogP contribution in [0.3, 0.4) is 0 Å². The van der Waals surface area contributed by atoms with Crippen molar-refractivity contribution in [3.05, 3.63) is 64.2 Å². The van der Waals surface area contributed by atoms with Crippen molar-refractivity contribution in [3.8, 4) is 17.6 Å². The van der Waals surface area contributed by atoms with Gasteiger partial charge in [0.2, 0.25) is 14.1 Å². The number of Topliss-reactive ketones (excluding diaryl/α,β-unsaturated/α-hetero) is 1. The lowest BCUT2D eigenvalue weighted by molar-refractivity contribution is -0.121. The van der Waals surface area contributed by atoms with Crippen LogP contribution in [-0.4, -0.2) is 14.1 Å². The van der Waals surface area contributed by atoms with Crippen LogP contribution in [0.15, 0.2) is 36.4 Å². The van der Waals surface area contributed by atoms with Gasteiger partial charge in [-0.25, -0.2) is 0 Å². The van der Waals surface area contributed by atoms with Gasteiger partial charge in [-0.3, -0.25) is 4.79 Å². The minimum atomic E-state index is -1.90. The molecule has 0 atom stereocenters. The van der Waals surface area contributed by atoms with Gasteiger partial charge in [-0.15, -0.1) is 0 Å². The van der Waals surface area contributed by atoms with Gasteiger partial charge in [0.1, 0.15) is 5.75 Å². The first-order valence-corrected chi connectivity index (χ1v) is 17.1. The highest BCUT2D eigenvalue weighted by Gasteiger charge is 2.39. The summed E-state index contributed by atoms with van der Waals surface area (Å²) in [6.45, 7) is 22.4.